The van der Waals surface area contributed by atoms with Gasteiger partial charge in [0, 0.05) is 44.3 Å². The lowest BCUT2D eigenvalue weighted by atomic mass is 9.96. The highest BCUT2D eigenvalue weighted by Gasteiger charge is 2.33. The van der Waals surface area contributed by atoms with Gasteiger partial charge in [0.05, 0.1) is 12.1 Å². The minimum Gasteiger partial charge on any atom is -0.335 e. The van der Waals surface area contributed by atoms with Crippen LogP contribution in [0.5, 0.6) is 0 Å². The van der Waals surface area contributed by atoms with Crippen molar-refractivity contribution in [2.24, 2.45) is 7.05 Å². The van der Waals surface area contributed by atoms with E-state index in [-0.39, 0.29) is 18.1 Å². The Labute approximate surface area is 178 Å². The number of hydrogen-bond donors (Lipinski definition) is 0. The van der Waals surface area contributed by atoms with Crippen molar-refractivity contribution in [1.82, 2.24) is 24.1 Å². The standard InChI is InChI=1S/C22H25FN6O2/c1-22(23)7-4-8-27(14-22)20(30)16-11-15-5-3-9-28(19(15)24-13-16)17-6-10-29-18(12-17)25-26(2)21(29)31/h6,10-13H,3-5,7-9,14H2,1-2H3. The number of piperidine rings is 1. The second-order valence-electron chi connectivity index (χ2n) is 8.72. The van der Waals surface area contributed by atoms with Gasteiger partial charge in [-0.05, 0) is 50.3 Å². The maximum atomic E-state index is 14.4. The van der Waals surface area contributed by atoms with Crippen molar-refractivity contribution in [3.8, 4) is 0 Å². The maximum absolute atomic E-state index is 14.4. The van der Waals surface area contributed by atoms with Gasteiger partial charge in [0.15, 0.2) is 5.65 Å². The SMILES string of the molecule is Cn1nc2cc(N3CCCc4cc(C(=O)N5CCCC(C)(F)C5)cnc43)ccn2c1=O. The molecule has 2 aliphatic heterocycles. The molecule has 9 heteroatoms. The molecule has 1 fully saturated rings. The van der Waals surface area contributed by atoms with Crippen LogP contribution in [0.3, 0.4) is 0 Å². The molecular formula is C22H25FN6O2. The third kappa shape index (κ3) is 3.47. The molecule has 0 aromatic carbocycles. The molecule has 31 heavy (non-hydrogen) atoms. The number of likely N-dealkylation sites (tertiary alicyclic amines) is 1. The second-order valence-corrected chi connectivity index (χ2v) is 8.72. The summed E-state index contributed by atoms with van der Waals surface area (Å²) in [6.45, 7) is 3.04. The summed E-state index contributed by atoms with van der Waals surface area (Å²) < 4.78 is 17.2. The van der Waals surface area contributed by atoms with Crippen molar-refractivity contribution >= 4 is 23.1 Å². The number of anilines is 2. The lowest BCUT2D eigenvalue weighted by Gasteiger charge is -2.35. The van der Waals surface area contributed by atoms with Gasteiger partial charge in [-0.2, -0.15) is 5.10 Å². The zero-order valence-electron chi connectivity index (χ0n) is 17.7. The van der Waals surface area contributed by atoms with Crippen LogP contribution < -0.4 is 10.6 Å². The third-order valence-corrected chi connectivity index (χ3v) is 6.17. The number of rotatable bonds is 2. The van der Waals surface area contributed by atoms with Gasteiger partial charge in [0.25, 0.3) is 5.91 Å². The molecule has 0 bridgehead atoms. The molecule has 0 radical (unpaired) electrons. The molecular weight excluding hydrogens is 399 g/mol. The van der Waals surface area contributed by atoms with Gasteiger partial charge in [0.2, 0.25) is 0 Å². The first kappa shape index (κ1) is 19.7. The number of alkyl halides is 1. The summed E-state index contributed by atoms with van der Waals surface area (Å²) >= 11 is 0. The smallest absolute Gasteiger partial charge is 0.335 e. The Morgan fingerprint density at radius 2 is 2.06 bits per heavy atom. The molecule has 0 spiro atoms. The molecule has 5 rings (SSSR count). The van der Waals surface area contributed by atoms with Gasteiger partial charge >= 0.3 is 5.69 Å². The van der Waals surface area contributed by atoms with Crippen molar-refractivity contribution in [3.05, 3.63) is 52.2 Å². The van der Waals surface area contributed by atoms with Crippen LogP contribution in [0.1, 0.15) is 42.1 Å². The Bertz CT molecular complexity index is 1230. The van der Waals surface area contributed by atoms with E-state index in [4.69, 9.17) is 0 Å². The first-order chi connectivity index (χ1) is 14.8. The molecule has 2 aliphatic rings. The number of aryl methyl sites for hydroxylation is 2. The topological polar surface area (TPSA) is 75.7 Å². The van der Waals surface area contributed by atoms with E-state index in [9.17, 15) is 14.0 Å². The first-order valence-electron chi connectivity index (χ1n) is 10.6. The highest BCUT2D eigenvalue weighted by atomic mass is 19.1. The molecule has 3 aromatic heterocycles. The summed E-state index contributed by atoms with van der Waals surface area (Å²) in [6.07, 6.45) is 6.21. The van der Waals surface area contributed by atoms with Crippen molar-refractivity contribution in [2.45, 2.75) is 38.3 Å². The predicted octanol–water partition coefficient (Wildman–Crippen LogP) is 2.48. The molecule has 8 nitrogen and oxygen atoms in total. The molecule has 0 N–H and O–H groups in total. The molecule has 1 unspecified atom stereocenters. The third-order valence-electron chi connectivity index (χ3n) is 6.17. The van der Waals surface area contributed by atoms with Gasteiger partial charge < -0.3 is 9.80 Å². The fourth-order valence-corrected chi connectivity index (χ4v) is 4.62. The van der Waals surface area contributed by atoms with E-state index >= 15 is 0 Å². The number of hydrogen-bond acceptors (Lipinski definition) is 5. The van der Waals surface area contributed by atoms with Crippen LogP contribution in [-0.4, -0.2) is 55.3 Å². The van der Waals surface area contributed by atoms with E-state index in [0.29, 0.717) is 30.6 Å². The minimum atomic E-state index is -1.33. The van der Waals surface area contributed by atoms with Gasteiger partial charge in [-0.1, -0.05) is 0 Å². The van der Waals surface area contributed by atoms with E-state index in [0.717, 1.165) is 36.5 Å². The van der Waals surface area contributed by atoms with E-state index in [2.05, 4.69) is 15.0 Å². The molecule has 3 aromatic rings. The lowest BCUT2D eigenvalue weighted by molar-refractivity contribution is 0.0417. The van der Waals surface area contributed by atoms with Crippen LogP contribution in [0.4, 0.5) is 15.9 Å². The molecule has 0 saturated carbocycles. The molecule has 1 saturated heterocycles. The first-order valence-corrected chi connectivity index (χ1v) is 10.6. The average Bonchev–Trinajstić information content (AvgIpc) is 3.04. The van der Waals surface area contributed by atoms with E-state index in [1.807, 2.05) is 18.2 Å². The maximum Gasteiger partial charge on any atom is 0.350 e. The number of fused-ring (bicyclic) bond motifs is 2. The largest absolute Gasteiger partial charge is 0.350 e. The number of aromatic nitrogens is 4. The Morgan fingerprint density at radius 3 is 2.87 bits per heavy atom. The second kappa shape index (κ2) is 7.18. The van der Waals surface area contributed by atoms with E-state index < -0.39 is 5.67 Å². The lowest BCUT2D eigenvalue weighted by Crippen LogP contribution is -2.46. The quantitative estimate of drug-likeness (QED) is 0.632. The number of carbonyl (C=O) groups excluding carboxylic acids is 1. The highest BCUT2D eigenvalue weighted by Crippen LogP contribution is 2.33. The molecule has 1 atom stereocenters. The fraction of sp³-hybridized carbons (Fsp3) is 0.455. The minimum absolute atomic E-state index is 0.124. The van der Waals surface area contributed by atoms with Crippen LogP contribution in [-0.2, 0) is 13.5 Å². The predicted molar refractivity (Wildman–Crippen MR) is 115 cm³/mol. The number of halogens is 1. The Hall–Kier alpha value is -3.23. The van der Waals surface area contributed by atoms with Crippen molar-refractivity contribution in [2.75, 3.05) is 24.5 Å². The Balaban J connectivity index is 1.45. The van der Waals surface area contributed by atoms with Gasteiger partial charge in [0.1, 0.15) is 11.5 Å². The molecule has 1 amide bonds. The summed E-state index contributed by atoms with van der Waals surface area (Å²) in [5, 5.41) is 4.26. The summed E-state index contributed by atoms with van der Waals surface area (Å²) in [6, 6.07) is 5.64. The van der Waals surface area contributed by atoms with Crippen LogP contribution >= 0.6 is 0 Å². The summed E-state index contributed by atoms with van der Waals surface area (Å²) in [7, 11) is 1.62. The number of nitrogens with zero attached hydrogens (tertiary/aromatic N) is 6. The van der Waals surface area contributed by atoms with Crippen LogP contribution in [0.2, 0.25) is 0 Å². The Kier molecular flexibility index (Phi) is 4.56. The monoisotopic (exact) mass is 424 g/mol. The summed E-state index contributed by atoms with van der Waals surface area (Å²) in [5.41, 5.74) is 1.45. The molecule has 0 aliphatic carbocycles. The molecule has 162 valence electrons. The molecule has 5 heterocycles. The van der Waals surface area contributed by atoms with Gasteiger partial charge in [-0.25, -0.2) is 18.9 Å². The highest BCUT2D eigenvalue weighted by molar-refractivity contribution is 5.94. The van der Waals surface area contributed by atoms with E-state index in [1.54, 1.807) is 31.3 Å². The van der Waals surface area contributed by atoms with Crippen molar-refractivity contribution < 1.29 is 9.18 Å². The van der Waals surface area contributed by atoms with Crippen LogP contribution in [0, 0.1) is 0 Å². The zero-order chi connectivity index (χ0) is 21.8. The number of pyridine rings is 2. The van der Waals surface area contributed by atoms with Crippen molar-refractivity contribution in [3.63, 3.8) is 0 Å². The van der Waals surface area contributed by atoms with Crippen LogP contribution in [0.25, 0.3) is 5.65 Å². The van der Waals surface area contributed by atoms with Gasteiger partial charge in [-0.15, -0.1) is 0 Å². The average molecular weight is 424 g/mol. The summed E-state index contributed by atoms with van der Waals surface area (Å²) in [5.74, 6) is 0.643. The normalized spacial score (nSPS) is 21.4. The number of amides is 1. The fourth-order valence-electron chi connectivity index (χ4n) is 4.62. The van der Waals surface area contributed by atoms with E-state index in [1.165, 1.54) is 9.08 Å². The Morgan fingerprint density at radius 1 is 1.23 bits per heavy atom. The zero-order valence-corrected chi connectivity index (χ0v) is 17.7. The number of carbonyl (C=O) groups is 1. The summed E-state index contributed by atoms with van der Waals surface area (Å²) in [4.78, 5) is 33.3. The van der Waals surface area contributed by atoms with Crippen molar-refractivity contribution in [1.29, 1.82) is 0 Å². The van der Waals surface area contributed by atoms with Gasteiger partial charge in [-0.3, -0.25) is 9.20 Å². The van der Waals surface area contributed by atoms with Crippen LogP contribution in [0.15, 0.2) is 35.4 Å².